The Morgan fingerprint density at radius 1 is 1.22 bits per heavy atom. The van der Waals surface area contributed by atoms with Gasteiger partial charge in [-0.2, -0.15) is 0 Å². The molecule has 4 unspecified atom stereocenters. The Morgan fingerprint density at radius 2 is 1.95 bits per heavy atom. The molecule has 1 aliphatic carbocycles. The van der Waals surface area contributed by atoms with E-state index >= 15 is 0 Å². The van der Waals surface area contributed by atoms with E-state index in [9.17, 15) is 19.2 Å². The van der Waals surface area contributed by atoms with Crippen LogP contribution < -0.4 is 14.8 Å². The maximum atomic E-state index is 13.1. The fourth-order valence-corrected chi connectivity index (χ4v) is 4.10. The molecule has 1 aliphatic heterocycles. The van der Waals surface area contributed by atoms with Gasteiger partial charge in [-0.05, 0) is 32.1 Å². The van der Waals surface area contributed by atoms with Crippen LogP contribution in [0, 0.1) is 17.8 Å². The number of hydrogen-bond donors (Lipinski definition) is 1. The van der Waals surface area contributed by atoms with Gasteiger partial charge < -0.3 is 29.0 Å². The van der Waals surface area contributed by atoms with Gasteiger partial charge in [-0.15, -0.1) is 0 Å². The van der Waals surface area contributed by atoms with Gasteiger partial charge in [0.1, 0.15) is 12.2 Å². The van der Waals surface area contributed by atoms with Gasteiger partial charge in [0.15, 0.2) is 17.5 Å². The summed E-state index contributed by atoms with van der Waals surface area (Å²) in [5.41, 5.74) is -0.235. The SMILES string of the molecule is COc1ccnc(C(=O)NC2COCC(OC(=O)C3CC3)C(CCC(C)C)C(C)OC2=O)c1OC(C)=O. The molecule has 0 spiro atoms. The number of carbonyl (C=O) groups excluding carboxylic acids is 4. The minimum atomic E-state index is -1.17. The minimum Gasteiger partial charge on any atom is -0.493 e. The number of rotatable bonds is 9. The van der Waals surface area contributed by atoms with Crippen LogP contribution in [-0.2, 0) is 28.6 Å². The van der Waals surface area contributed by atoms with Crippen molar-refractivity contribution >= 4 is 23.8 Å². The highest BCUT2D eigenvalue weighted by molar-refractivity contribution is 5.98. The fourth-order valence-electron chi connectivity index (χ4n) is 4.10. The van der Waals surface area contributed by atoms with Crippen molar-refractivity contribution in [3.05, 3.63) is 18.0 Å². The second kappa shape index (κ2) is 12.8. The third-order valence-electron chi connectivity index (χ3n) is 6.34. The van der Waals surface area contributed by atoms with Crippen molar-refractivity contribution in [2.45, 2.75) is 71.6 Å². The monoisotopic (exact) mass is 520 g/mol. The van der Waals surface area contributed by atoms with Gasteiger partial charge in [0.05, 0.1) is 26.2 Å². The Labute approximate surface area is 216 Å². The summed E-state index contributed by atoms with van der Waals surface area (Å²) in [6.07, 6.45) is 3.30. The molecule has 1 N–H and O–H groups in total. The number of cyclic esters (lactones) is 1. The first kappa shape index (κ1) is 28.4. The second-order valence-corrected chi connectivity index (χ2v) is 9.87. The Morgan fingerprint density at radius 3 is 2.57 bits per heavy atom. The minimum absolute atomic E-state index is 0.0602. The molecule has 1 aromatic rings. The number of aromatic nitrogens is 1. The zero-order valence-electron chi connectivity index (χ0n) is 22.0. The summed E-state index contributed by atoms with van der Waals surface area (Å²) in [7, 11) is 1.36. The summed E-state index contributed by atoms with van der Waals surface area (Å²) < 4.78 is 27.6. The van der Waals surface area contributed by atoms with Crippen molar-refractivity contribution in [3.63, 3.8) is 0 Å². The van der Waals surface area contributed by atoms with Crippen molar-refractivity contribution in [2.24, 2.45) is 17.8 Å². The highest BCUT2D eigenvalue weighted by Gasteiger charge is 2.39. The molecule has 0 radical (unpaired) electrons. The highest BCUT2D eigenvalue weighted by atomic mass is 16.6. The molecule has 2 aliphatic rings. The summed E-state index contributed by atoms with van der Waals surface area (Å²) >= 11 is 0. The van der Waals surface area contributed by atoms with Crippen molar-refractivity contribution in [2.75, 3.05) is 20.3 Å². The first-order valence-corrected chi connectivity index (χ1v) is 12.6. The zero-order chi connectivity index (χ0) is 27.1. The summed E-state index contributed by atoms with van der Waals surface area (Å²) in [5, 5.41) is 2.56. The van der Waals surface area contributed by atoms with E-state index in [2.05, 4.69) is 24.1 Å². The predicted molar refractivity (Wildman–Crippen MR) is 130 cm³/mol. The zero-order valence-corrected chi connectivity index (χ0v) is 22.0. The maximum absolute atomic E-state index is 13.1. The van der Waals surface area contributed by atoms with E-state index in [1.54, 1.807) is 6.92 Å². The number of hydrogen-bond acceptors (Lipinski definition) is 10. The van der Waals surface area contributed by atoms with Crippen molar-refractivity contribution in [1.82, 2.24) is 10.3 Å². The number of carbonyl (C=O) groups is 4. The summed E-state index contributed by atoms with van der Waals surface area (Å²) in [5.74, 6) is -2.37. The van der Waals surface area contributed by atoms with Crippen LogP contribution in [0.25, 0.3) is 0 Å². The number of esters is 3. The molecule has 0 bridgehead atoms. The van der Waals surface area contributed by atoms with Crippen molar-refractivity contribution in [3.8, 4) is 11.5 Å². The molecule has 0 aromatic carbocycles. The lowest BCUT2D eigenvalue weighted by Gasteiger charge is -2.31. The Balaban J connectivity index is 1.78. The van der Waals surface area contributed by atoms with E-state index in [-0.39, 0.29) is 48.2 Å². The number of nitrogens with one attached hydrogen (secondary N) is 1. The topological polar surface area (TPSA) is 139 Å². The molecule has 37 heavy (non-hydrogen) atoms. The molecule has 2 fully saturated rings. The van der Waals surface area contributed by atoms with E-state index in [1.807, 2.05) is 0 Å². The second-order valence-electron chi connectivity index (χ2n) is 9.87. The lowest BCUT2D eigenvalue weighted by Crippen LogP contribution is -2.46. The lowest BCUT2D eigenvalue weighted by molar-refractivity contribution is -0.163. The quantitative estimate of drug-likeness (QED) is 0.483. The molecule has 4 atom stereocenters. The number of nitrogens with zero attached hydrogens (tertiary/aromatic N) is 1. The first-order chi connectivity index (χ1) is 17.6. The highest BCUT2D eigenvalue weighted by Crippen LogP contribution is 2.33. The summed E-state index contributed by atoms with van der Waals surface area (Å²) in [6, 6.07) is 0.269. The van der Waals surface area contributed by atoms with Crippen LogP contribution >= 0.6 is 0 Å². The van der Waals surface area contributed by atoms with Crippen LogP contribution in [-0.4, -0.2) is 67.4 Å². The molecule has 204 valence electrons. The standard InChI is InChI=1S/C26H36N2O9/c1-14(2)6-9-18-15(3)35-26(32)19(12-34-13-21(18)37-25(31)17-7-8-17)28-24(30)22-23(36-16(4)29)20(33-5)10-11-27-22/h10-11,14-15,17-19,21H,6-9,12-13H2,1-5H3,(H,28,30). The van der Waals surface area contributed by atoms with Gasteiger partial charge >= 0.3 is 17.9 Å². The largest absolute Gasteiger partial charge is 0.493 e. The number of methoxy groups -OCH3 is 1. The van der Waals surface area contributed by atoms with Gasteiger partial charge in [-0.3, -0.25) is 14.4 Å². The van der Waals surface area contributed by atoms with E-state index in [4.69, 9.17) is 23.7 Å². The smallest absolute Gasteiger partial charge is 0.331 e. The molecule has 2 heterocycles. The summed E-state index contributed by atoms with van der Waals surface area (Å²) in [6.45, 7) is 6.98. The molecule has 11 heteroatoms. The normalized spacial score (nSPS) is 24.2. The van der Waals surface area contributed by atoms with Crippen LogP contribution in [0.3, 0.4) is 0 Å². The van der Waals surface area contributed by atoms with Gasteiger partial charge in [0.25, 0.3) is 5.91 Å². The van der Waals surface area contributed by atoms with E-state index < -0.39 is 36.1 Å². The van der Waals surface area contributed by atoms with Crippen LogP contribution in [0.2, 0.25) is 0 Å². The van der Waals surface area contributed by atoms with E-state index in [1.165, 1.54) is 26.3 Å². The molecule has 3 rings (SSSR count). The Bertz CT molecular complexity index is 992. The van der Waals surface area contributed by atoms with Gasteiger partial charge in [-0.1, -0.05) is 20.3 Å². The van der Waals surface area contributed by atoms with Gasteiger partial charge in [-0.25, -0.2) is 9.78 Å². The predicted octanol–water partition coefficient (Wildman–Crippen LogP) is 2.45. The Hall–Kier alpha value is -3.21. The Kier molecular flexibility index (Phi) is 9.85. The van der Waals surface area contributed by atoms with Crippen LogP contribution in [0.1, 0.15) is 63.9 Å². The molecular weight excluding hydrogens is 484 g/mol. The van der Waals surface area contributed by atoms with Crippen molar-refractivity contribution in [1.29, 1.82) is 0 Å². The van der Waals surface area contributed by atoms with Crippen LogP contribution in [0.15, 0.2) is 12.3 Å². The van der Waals surface area contributed by atoms with E-state index in [0.29, 0.717) is 12.3 Å². The third kappa shape index (κ3) is 7.88. The van der Waals surface area contributed by atoms with Gasteiger partial charge in [0.2, 0.25) is 5.75 Å². The average molecular weight is 521 g/mol. The molecule has 11 nitrogen and oxygen atoms in total. The molecule has 1 saturated heterocycles. The number of pyridine rings is 1. The molecule has 1 amide bonds. The molecular formula is C26H36N2O9. The third-order valence-corrected chi connectivity index (χ3v) is 6.34. The molecule has 1 saturated carbocycles. The number of amides is 1. The van der Waals surface area contributed by atoms with E-state index in [0.717, 1.165) is 19.3 Å². The molecule has 1 aromatic heterocycles. The first-order valence-electron chi connectivity index (χ1n) is 12.6. The fraction of sp³-hybridized carbons (Fsp3) is 0.654. The summed E-state index contributed by atoms with van der Waals surface area (Å²) in [4.78, 5) is 54.2. The number of ether oxygens (including phenoxy) is 5. The average Bonchev–Trinajstić information content (AvgIpc) is 3.67. The van der Waals surface area contributed by atoms with Crippen molar-refractivity contribution < 1.29 is 42.9 Å². The van der Waals surface area contributed by atoms with Gasteiger partial charge in [0, 0.05) is 25.1 Å². The lowest BCUT2D eigenvalue weighted by atomic mass is 9.89. The van der Waals surface area contributed by atoms with Crippen LogP contribution in [0.4, 0.5) is 0 Å². The van der Waals surface area contributed by atoms with Crippen LogP contribution in [0.5, 0.6) is 11.5 Å². The maximum Gasteiger partial charge on any atom is 0.331 e.